The molecule has 2 bridgehead atoms. The molecule has 1 aromatic heterocycles. The first-order chi connectivity index (χ1) is 20.3. The summed E-state index contributed by atoms with van der Waals surface area (Å²) in [5.41, 5.74) is 0.763. The van der Waals surface area contributed by atoms with Crippen LogP contribution in [0.2, 0.25) is 0 Å². The number of fused-ring (bicyclic) bond motifs is 3. The van der Waals surface area contributed by atoms with Gasteiger partial charge in [-0.3, -0.25) is 19.2 Å². The highest BCUT2D eigenvalue weighted by Crippen LogP contribution is 2.32. The normalized spacial score (nSPS) is 18.6. The molecule has 1 unspecified atom stereocenters. The lowest BCUT2D eigenvalue weighted by molar-refractivity contribution is -0.156. The van der Waals surface area contributed by atoms with E-state index >= 15 is 0 Å². The zero-order valence-electron chi connectivity index (χ0n) is 24.1. The van der Waals surface area contributed by atoms with Crippen molar-refractivity contribution in [2.75, 3.05) is 53.1 Å². The lowest BCUT2D eigenvalue weighted by atomic mass is 9.77. The van der Waals surface area contributed by atoms with Crippen LogP contribution in [0.1, 0.15) is 35.7 Å². The van der Waals surface area contributed by atoms with Gasteiger partial charge in [0.25, 0.3) is 11.8 Å². The largest absolute Gasteiger partial charge is 0.484 e. The van der Waals surface area contributed by atoms with Gasteiger partial charge in [0.05, 0.1) is 29.6 Å². The Kier molecular flexibility index (Phi) is 10.6. The van der Waals surface area contributed by atoms with E-state index in [0.717, 1.165) is 10.9 Å². The molecular formula is C31H38N4O7. The van der Waals surface area contributed by atoms with Crippen LogP contribution in [0.25, 0.3) is 10.9 Å². The Bertz CT molecular complexity index is 1400. The first-order valence-corrected chi connectivity index (χ1v) is 14.1. The average molecular weight is 579 g/mol. The van der Waals surface area contributed by atoms with Gasteiger partial charge in [-0.25, -0.2) is 0 Å². The molecular weight excluding hydrogens is 540 g/mol. The summed E-state index contributed by atoms with van der Waals surface area (Å²) in [6.07, 6.45) is 2.96. The number of carbonyl (C=O) groups is 4. The number of para-hydroxylation sites is 1. The highest BCUT2D eigenvalue weighted by molar-refractivity contribution is 6.06. The van der Waals surface area contributed by atoms with Crippen LogP contribution in [0.5, 0.6) is 5.75 Å². The number of hydrogen-bond donors (Lipinski definition) is 3. The van der Waals surface area contributed by atoms with Crippen LogP contribution in [-0.4, -0.2) is 86.7 Å². The molecule has 2 aromatic carbocycles. The molecule has 11 heteroatoms. The van der Waals surface area contributed by atoms with Crippen LogP contribution in [0.15, 0.2) is 54.7 Å². The maximum atomic E-state index is 13.7. The minimum atomic E-state index is -1.10. The van der Waals surface area contributed by atoms with Crippen LogP contribution in [-0.2, 0) is 30.3 Å². The van der Waals surface area contributed by atoms with Gasteiger partial charge >= 0.3 is 5.97 Å². The first-order valence-electron chi connectivity index (χ1n) is 14.1. The van der Waals surface area contributed by atoms with Crippen molar-refractivity contribution >= 4 is 34.6 Å². The Morgan fingerprint density at radius 1 is 1.07 bits per heavy atom. The van der Waals surface area contributed by atoms with E-state index in [9.17, 15) is 19.2 Å². The molecule has 1 aliphatic rings. The van der Waals surface area contributed by atoms with Crippen molar-refractivity contribution in [2.24, 2.45) is 5.41 Å². The number of amides is 3. The number of benzene rings is 2. The third kappa shape index (κ3) is 7.67. The molecule has 224 valence electrons. The lowest BCUT2D eigenvalue weighted by Gasteiger charge is -2.32. The smallest absolute Gasteiger partial charge is 0.314 e. The summed E-state index contributed by atoms with van der Waals surface area (Å²) >= 11 is 0. The average Bonchev–Trinajstić information content (AvgIpc) is 3.47. The molecule has 3 amide bonds. The minimum Gasteiger partial charge on any atom is -0.484 e. The molecule has 0 aliphatic carbocycles. The summed E-state index contributed by atoms with van der Waals surface area (Å²) in [6.45, 7) is 2.06. The summed E-state index contributed by atoms with van der Waals surface area (Å²) < 4.78 is 16.5. The number of esters is 1. The zero-order chi connectivity index (χ0) is 30.0. The van der Waals surface area contributed by atoms with E-state index in [4.69, 9.17) is 14.2 Å². The van der Waals surface area contributed by atoms with Gasteiger partial charge in [-0.15, -0.1) is 0 Å². The van der Waals surface area contributed by atoms with E-state index in [1.54, 1.807) is 50.6 Å². The fourth-order valence-electron chi connectivity index (χ4n) is 5.17. The highest BCUT2D eigenvalue weighted by Gasteiger charge is 2.40. The molecule has 11 nitrogen and oxygen atoms in total. The van der Waals surface area contributed by atoms with E-state index in [0.29, 0.717) is 36.3 Å². The maximum Gasteiger partial charge on any atom is 0.314 e. The standard InChI is InChI=1S/C31H38N4O7/c1-3-41-30(39)31(12-6-16-40-2)18-22-7-4-9-24(17-22)42-20-27(37)32-14-15-35(19-26(36)34-21-31)29(38)25-10-5-8-23-11-13-33-28(23)25/h4-5,7-11,13,17,33H,3,6,12,14-16,18-21H2,1-2H3,(H,32,37)(H,34,36). The summed E-state index contributed by atoms with van der Waals surface area (Å²) in [7, 11) is 1.59. The predicted octanol–water partition coefficient (Wildman–Crippen LogP) is 2.45. The van der Waals surface area contributed by atoms with E-state index < -0.39 is 17.3 Å². The minimum absolute atomic E-state index is 0.00441. The van der Waals surface area contributed by atoms with Gasteiger partial charge in [-0.05, 0) is 56.0 Å². The van der Waals surface area contributed by atoms with Crippen molar-refractivity contribution < 1.29 is 33.4 Å². The second-order valence-corrected chi connectivity index (χ2v) is 10.3. The maximum absolute atomic E-state index is 13.7. The van der Waals surface area contributed by atoms with Crippen molar-refractivity contribution in [1.82, 2.24) is 20.5 Å². The summed E-state index contributed by atoms with van der Waals surface area (Å²) in [4.78, 5) is 57.6. The number of ether oxygens (including phenoxy) is 3. The van der Waals surface area contributed by atoms with Crippen molar-refractivity contribution in [3.8, 4) is 5.75 Å². The number of H-pyrrole nitrogens is 1. The monoisotopic (exact) mass is 578 g/mol. The Hall–Kier alpha value is -4.38. The summed E-state index contributed by atoms with van der Waals surface area (Å²) in [6, 6.07) is 14.4. The molecule has 0 spiro atoms. The van der Waals surface area contributed by atoms with Gasteiger partial charge in [0.15, 0.2) is 6.61 Å². The Morgan fingerprint density at radius 3 is 2.71 bits per heavy atom. The van der Waals surface area contributed by atoms with Crippen LogP contribution in [0.4, 0.5) is 0 Å². The van der Waals surface area contributed by atoms with Gasteiger partial charge in [-0.2, -0.15) is 0 Å². The number of nitrogens with zero attached hydrogens (tertiary/aromatic N) is 1. The van der Waals surface area contributed by atoms with Crippen LogP contribution >= 0.6 is 0 Å². The Labute approximate surface area is 244 Å². The number of nitrogens with one attached hydrogen (secondary N) is 3. The van der Waals surface area contributed by atoms with E-state index in [2.05, 4.69) is 15.6 Å². The lowest BCUT2D eigenvalue weighted by Crippen LogP contribution is -2.49. The number of aromatic nitrogens is 1. The number of hydrogen-bond acceptors (Lipinski definition) is 7. The number of aromatic amines is 1. The molecule has 0 saturated carbocycles. The van der Waals surface area contributed by atoms with Crippen molar-refractivity contribution in [3.63, 3.8) is 0 Å². The number of carbonyl (C=O) groups excluding carboxylic acids is 4. The van der Waals surface area contributed by atoms with Gasteiger partial charge in [0, 0.05) is 44.9 Å². The van der Waals surface area contributed by atoms with E-state index in [1.807, 2.05) is 18.2 Å². The SMILES string of the molecule is CCOC(=O)C1(CCCOC)CNC(=O)CN(C(=O)c2cccc3cc[nH]c23)CCNC(=O)COc2cccc(c2)C1. The second-order valence-electron chi connectivity index (χ2n) is 10.3. The van der Waals surface area contributed by atoms with Gasteiger partial charge < -0.3 is 34.7 Å². The van der Waals surface area contributed by atoms with Crippen LogP contribution < -0.4 is 15.4 Å². The summed E-state index contributed by atoms with van der Waals surface area (Å²) in [5.74, 6) is -1.12. The van der Waals surface area contributed by atoms with E-state index in [1.165, 1.54) is 4.90 Å². The van der Waals surface area contributed by atoms with Crippen molar-refractivity contribution in [2.45, 2.75) is 26.2 Å². The number of rotatable bonds is 7. The fraction of sp³-hybridized carbons (Fsp3) is 0.419. The molecule has 0 saturated heterocycles. The van der Waals surface area contributed by atoms with Crippen LogP contribution in [0, 0.1) is 5.41 Å². The first kappa shape index (κ1) is 30.6. The van der Waals surface area contributed by atoms with Crippen molar-refractivity contribution in [3.05, 3.63) is 65.9 Å². The molecule has 42 heavy (non-hydrogen) atoms. The molecule has 2 heterocycles. The summed E-state index contributed by atoms with van der Waals surface area (Å²) in [5, 5.41) is 6.53. The molecule has 3 aromatic rings. The van der Waals surface area contributed by atoms with Gasteiger partial charge in [0.1, 0.15) is 5.75 Å². The Balaban J connectivity index is 1.65. The molecule has 3 N–H and O–H groups in total. The van der Waals surface area contributed by atoms with Crippen LogP contribution in [0.3, 0.4) is 0 Å². The van der Waals surface area contributed by atoms with Crippen molar-refractivity contribution in [1.29, 1.82) is 0 Å². The second kappa shape index (κ2) is 14.5. The van der Waals surface area contributed by atoms with E-state index in [-0.39, 0.29) is 57.6 Å². The molecule has 1 atom stereocenters. The third-order valence-corrected chi connectivity index (χ3v) is 7.29. The molecule has 0 radical (unpaired) electrons. The predicted molar refractivity (Wildman–Crippen MR) is 156 cm³/mol. The Morgan fingerprint density at radius 2 is 1.90 bits per heavy atom. The molecule has 1 aliphatic heterocycles. The fourth-order valence-corrected chi connectivity index (χ4v) is 5.17. The number of methoxy groups -OCH3 is 1. The topological polar surface area (TPSA) is 139 Å². The molecule has 0 fully saturated rings. The quantitative estimate of drug-likeness (QED) is 0.289. The molecule has 4 rings (SSSR count). The third-order valence-electron chi connectivity index (χ3n) is 7.29. The highest BCUT2D eigenvalue weighted by atomic mass is 16.5. The zero-order valence-corrected chi connectivity index (χ0v) is 24.1. The van der Waals surface area contributed by atoms with Gasteiger partial charge in [-0.1, -0.05) is 24.3 Å². The van der Waals surface area contributed by atoms with Gasteiger partial charge in [0.2, 0.25) is 5.91 Å².